The number of Topliss-reactive ketones (excluding diaryl/α,β-unsaturated/α-hetero) is 1. The molecule has 0 radical (unpaired) electrons. The van der Waals surface area contributed by atoms with Crippen molar-refractivity contribution in [2.45, 2.75) is 26.2 Å². The number of nitrogens with zero attached hydrogens (tertiary/aromatic N) is 1. The van der Waals surface area contributed by atoms with Crippen molar-refractivity contribution >= 4 is 5.78 Å². The summed E-state index contributed by atoms with van der Waals surface area (Å²) in [6, 6.07) is 2.29. The summed E-state index contributed by atoms with van der Waals surface area (Å²) >= 11 is 0. The van der Waals surface area contributed by atoms with Gasteiger partial charge >= 0.3 is 0 Å². The molecule has 0 bridgehead atoms. The topological polar surface area (TPSA) is 40.9 Å². The molecule has 0 amide bonds. The van der Waals surface area contributed by atoms with Crippen molar-refractivity contribution in [3.63, 3.8) is 0 Å². The molecule has 0 heterocycles. The Hall–Kier alpha value is -1.36. The average Bonchev–Trinajstić information content (AvgIpc) is 2.37. The third kappa shape index (κ3) is 1.13. The van der Waals surface area contributed by atoms with Gasteiger partial charge in [0.05, 0.1) is 17.4 Å². The summed E-state index contributed by atoms with van der Waals surface area (Å²) in [7, 11) is 0. The monoisotopic (exact) mass is 187 g/mol. The Morgan fingerprint density at radius 1 is 1.57 bits per heavy atom. The highest BCUT2D eigenvalue weighted by atomic mass is 16.1. The number of nitriles is 1. The molecule has 14 heavy (non-hydrogen) atoms. The molecule has 0 aromatic carbocycles. The van der Waals surface area contributed by atoms with Crippen molar-refractivity contribution in [1.29, 1.82) is 5.26 Å². The molecule has 0 unspecified atom stereocenters. The van der Waals surface area contributed by atoms with Gasteiger partial charge in [-0.1, -0.05) is 18.2 Å². The lowest BCUT2D eigenvalue weighted by Crippen LogP contribution is -2.26. The van der Waals surface area contributed by atoms with Crippen molar-refractivity contribution in [2.24, 2.45) is 11.3 Å². The predicted molar refractivity (Wildman–Crippen MR) is 53.3 cm³/mol. The van der Waals surface area contributed by atoms with Crippen LogP contribution in [-0.4, -0.2) is 5.78 Å². The summed E-state index contributed by atoms with van der Waals surface area (Å²) in [5.41, 5.74) is 0.669. The molecule has 2 aliphatic rings. The number of rotatable bonds is 0. The number of fused-ring (bicyclic) bond motifs is 1. The number of hydrogen-bond acceptors (Lipinski definition) is 2. The quantitative estimate of drug-likeness (QED) is 0.546. The molecule has 72 valence electrons. The lowest BCUT2D eigenvalue weighted by molar-refractivity contribution is -0.124. The van der Waals surface area contributed by atoms with Gasteiger partial charge in [-0.25, -0.2) is 0 Å². The molecule has 2 aliphatic carbocycles. The zero-order valence-corrected chi connectivity index (χ0v) is 8.29. The molecule has 0 N–H and O–H groups in total. The summed E-state index contributed by atoms with van der Waals surface area (Å²) in [6.45, 7) is 1.97. The summed E-state index contributed by atoms with van der Waals surface area (Å²) in [4.78, 5) is 11.7. The van der Waals surface area contributed by atoms with Gasteiger partial charge in [-0.3, -0.25) is 4.79 Å². The second-order valence-corrected chi connectivity index (χ2v) is 4.21. The molecule has 2 heteroatoms. The lowest BCUT2D eigenvalue weighted by Gasteiger charge is -2.25. The van der Waals surface area contributed by atoms with E-state index in [1.165, 1.54) is 0 Å². The maximum Gasteiger partial charge on any atom is 0.146 e. The molecule has 0 fully saturated rings. The first kappa shape index (κ1) is 9.21. The fourth-order valence-corrected chi connectivity index (χ4v) is 2.37. The van der Waals surface area contributed by atoms with Gasteiger partial charge in [0.25, 0.3) is 0 Å². The summed E-state index contributed by atoms with van der Waals surface area (Å²) < 4.78 is 0. The van der Waals surface area contributed by atoms with Crippen LogP contribution in [-0.2, 0) is 4.79 Å². The minimum atomic E-state index is -0.382. The van der Waals surface area contributed by atoms with Gasteiger partial charge in [0.2, 0.25) is 0 Å². The van der Waals surface area contributed by atoms with E-state index in [0.29, 0.717) is 6.42 Å². The molecular weight excluding hydrogens is 174 g/mol. The van der Waals surface area contributed by atoms with Gasteiger partial charge in [-0.15, -0.1) is 0 Å². The highest BCUT2D eigenvalue weighted by Gasteiger charge is 2.43. The first-order valence-corrected chi connectivity index (χ1v) is 4.97. The Bertz CT molecular complexity index is 372. The smallest absolute Gasteiger partial charge is 0.146 e. The molecule has 0 aliphatic heterocycles. The number of hydrogen-bond donors (Lipinski definition) is 0. The Labute approximate surface area is 83.9 Å². The Balaban J connectivity index is 2.43. The van der Waals surface area contributed by atoms with Crippen LogP contribution in [0.2, 0.25) is 0 Å². The Kier molecular flexibility index (Phi) is 2.03. The van der Waals surface area contributed by atoms with Crippen molar-refractivity contribution in [3.8, 4) is 6.07 Å². The fourth-order valence-electron chi connectivity index (χ4n) is 2.37. The van der Waals surface area contributed by atoms with Gasteiger partial charge in [-0.2, -0.15) is 5.26 Å². The summed E-state index contributed by atoms with van der Waals surface area (Å²) in [5.74, 6) is 0.171. The van der Waals surface area contributed by atoms with E-state index in [-0.39, 0.29) is 17.1 Å². The summed E-state index contributed by atoms with van der Waals surface area (Å²) in [6.07, 6.45) is 8.04. The highest BCUT2D eigenvalue weighted by molar-refractivity contribution is 5.92. The standard InChI is InChI=1S/C12H13NO/c1-12-7-3-2-4-9(8-13)10(12)5-6-11(12)14/h2-3,5,9H,4,6-7H2,1H3/t9-,12-/m0/s1. The van der Waals surface area contributed by atoms with Crippen molar-refractivity contribution < 1.29 is 4.79 Å². The molecule has 2 atom stereocenters. The molecule has 0 spiro atoms. The molecule has 0 saturated carbocycles. The lowest BCUT2D eigenvalue weighted by atomic mass is 9.75. The van der Waals surface area contributed by atoms with Crippen LogP contribution in [0.25, 0.3) is 0 Å². The Morgan fingerprint density at radius 3 is 3.07 bits per heavy atom. The van der Waals surface area contributed by atoms with Gasteiger partial charge in [0.1, 0.15) is 5.78 Å². The van der Waals surface area contributed by atoms with E-state index in [1.54, 1.807) is 0 Å². The van der Waals surface area contributed by atoms with E-state index in [4.69, 9.17) is 5.26 Å². The largest absolute Gasteiger partial charge is 0.298 e. The minimum Gasteiger partial charge on any atom is -0.298 e. The van der Waals surface area contributed by atoms with Crippen LogP contribution in [0.15, 0.2) is 23.8 Å². The van der Waals surface area contributed by atoms with E-state index >= 15 is 0 Å². The third-order valence-electron chi connectivity index (χ3n) is 3.36. The van der Waals surface area contributed by atoms with Crippen LogP contribution >= 0.6 is 0 Å². The van der Waals surface area contributed by atoms with Crippen LogP contribution in [0.4, 0.5) is 0 Å². The molecule has 2 nitrogen and oxygen atoms in total. The SMILES string of the molecule is C[C@]12CC=CC[C@@H](C#N)C1=CCC2=O. The van der Waals surface area contributed by atoms with Crippen LogP contribution in [0.5, 0.6) is 0 Å². The number of allylic oxidation sites excluding steroid dienone is 4. The maximum absolute atomic E-state index is 11.7. The van der Waals surface area contributed by atoms with Crippen LogP contribution in [0, 0.1) is 22.7 Å². The van der Waals surface area contributed by atoms with E-state index in [2.05, 4.69) is 6.07 Å². The van der Waals surface area contributed by atoms with Crippen molar-refractivity contribution in [2.75, 3.05) is 0 Å². The molecule has 0 aromatic rings. The Morgan fingerprint density at radius 2 is 2.36 bits per heavy atom. The van der Waals surface area contributed by atoms with Crippen LogP contribution in [0.1, 0.15) is 26.2 Å². The third-order valence-corrected chi connectivity index (χ3v) is 3.36. The van der Waals surface area contributed by atoms with Crippen LogP contribution in [0.3, 0.4) is 0 Å². The molecular formula is C12H13NO. The zero-order valence-electron chi connectivity index (χ0n) is 8.29. The predicted octanol–water partition coefficient (Wildman–Crippen LogP) is 2.38. The van der Waals surface area contributed by atoms with Gasteiger partial charge in [-0.05, 0) is 25.3 Å². The molecule has 2 rings (SSSR count). The maximum atomic E-state index is 11.7. The normalized spacial score (nSPS) is 35.9. The van der Waals surface area contributed by atoms with E-state index in [1.807, 2.05) is 25.2 Å². The second-order valence-electron chi connectivity index (χ2n) is 4.21. The van der Waals surface area contributed by atoms with Crippen LogP contribution < -0.4 is 0 Å². The minimum absolute atomic E-state index is 0.0924. The number of carbonyl (C=O) groups is 1. The van der Waals surface area contributed by atoms with Gasteiger partial charge in [0.15, 0.2) is 0 Å². The first-order valence-electron chi connectivity index (χ1n) is 4.97. The molecule has 0 aromatic heterocycles. The molecule has 0 saturated heterocycles. The zero-order chi connectivity index (χ0) is 10.2. The number of ketones is 1. The fraction of sp³-hybridized carbons (Fsp3) is 0.500. The second kappa shape index (κ2) is 3.09. The van der Waals surface area contributed by atoms with Crippen molar-refractivity contribution in [1.82, 2.24) is 0 Å². The van der Waals surface area contributed by atoms with Gasteiger partial charge < -0.3 is 0 Å². The first-order chi connectivity index (χ1) is 6.68. The number of carbonyl (C=O) groups excluding carboxylic acids is 1. The van der Waals surface area contributed by atoms with E-state index < -0.39 is 0 Å². The average molecular weight is 187 g/mol. The van der Waals surface area contributed by atoms with E-state index in [0.717, 1.165) is 18.4 Å². The highest BCUT2D eigenvalue weighted by Crippen LogP contribution is 2.45. The van der Waals surface area contributed by atoms with Crippen molar-refractivity contribution in [3.05, 3.63) is 23.8 Å². The summed E-state index contributed by atoms with van der Waals surface area (Å²) in [5, 5.41) is 9.03. The van der Waals surface area contributed by atoms with E-state index in [9.17, 15) is 4.79 Å². The van der Waals surface area contributed by atoms with Gasteiger partial charge in [0, 0.05) is 6.42 Å².